The number of esters is 1. The minimum Gasteiger partial charge on any atom is -0.462 e. The fraction of sp³-hybridized carbons (Fsp3) is 0.500. The Bertz CT molecular complexity index is 472. The first-order valence-corrected chi connectivity index (χ1v) is 6.39. The Morgan fingerprint density at radius 2 is 2.05 bits per heavy atom. The van der Waals surface area contributed by atoms with Gasteiger partial charge in [0.1, 0.15) is 0 Å². The second-order valence-electron chi connectivity index (χ2n) is 4.79. The molecule has 2 N–H and O–H groups in total. The molecule has 0 saturated heterocycles. The maximum atomic E-state index is 12.5. The zero-order valence-corrected chi connectivity index (χ0v) is 11.5. The molecule has 3 nitrogen and oxygen atoms in total. The van der Waals surface area contributed by atoms with Gasteiger partial charge in [-0.3, -0.25) is 0 Å². The maximum absolute atomic E-state index is 12.5. The summed E-state index contributed by atoms with van der Waals surface area (Å²) in [5.41, 5.74) is 4.33. The maximum Gasteiger partial charge on any atom is 0.416 e. The average molecular weight is 289 g/mol. The van der Waals surface area contributed by atoms with E-state index in [0.717, 1.165) is 31.0 Å². The van der Waals surface area contributed by atoms with E-state index in [1.165, 1.54) is 0 Å². The van der Waals surface area contributed by atoms with Crippen molar-refractivity contribution in [2.75, 3.05) is 12.3 Å². The minimum absolute atomic E-state index is 0.0401. The van der Waals surface area contributed by atoms with Crippen molar-refractivity contribution in [3.05, 3.63) is 29.3 Å². The van der Waals surface area contributed by atoms with Gasteiger partial charge in [-0.25, -0.2) is 4.79 Å². The summed E-state index contributed by atoms with van der Waals surface area (Å²) in [5, 5.41) is 0. The Morgan fingerprint density at radius 1 is 1.40 bits per heavy atom. The molecule has 1 atom stereocenters. The van der Waals surface area contributed by atoms with Crippen LogP contribution < -0.4 is 5.73 Å². The van der Waals surface area contributed by atoms with Gasteiger partial charge in [0.15, 0.2) is 0 Å². The predicted octanol–water partition coefficient (Wildman–Crippen LogP) is 3.88. The number of carbonyl (C=O) groups excluding carboxylic acids is 1. The summed E-state index contributed by atoms with van der Waals surface area (Å²) in [6.07, 6.45) is -2.59. The molecule has 0 aliphatic rings. The van der Waals surface area contributed by atoms with Crippen LogP contribution in [0.25, 0.3) is 0 Å². The molecule has 0 bridgehead atoms. The SMILES string of the molecule is CCCC(C)COC(=O)c1ccc(C(F)(F)F)cc1N. The van der Waals surface area contributed by atoms with Crippen LogP contribution in [0.2, 0.25) is 0 Å². The molecular weight excluding hydrogens is 271 g/mol. The Balaban J connectivity index is 2.75. The number of alkyl halides is 3. The predicted molar refractivity (Wildman–Crippen MR) is 70.2 cm³/mol. The molecule has 20 heavy (non-hydrogen) atoms. The van der Waals surface area contributed by atoms with Gasteiger partial charge >= 0.3 is 12.1 Å². The molecule has 1 aromatic rings. The normalized spacial score (nSPS) is 13.1. The molecule has 1 rings (SSSR count). The standard InChI is InChI=1S/C14H18F3NO2/c1-3-4-9(2)8-20-13(19)11-6-5-10(7-12(11)18)14(15,16)17/h5-7,9H,3-4,8,18H2,1-2H3. The molecule has 6 heteroatoms. The number of nitrogens with two attached hydrogens (primary N) is 1. The Morgan fingerprint density at radius 3 is 2.55 bits per heavy atom. The number of ether oxygens (including phenoxy) is 1. The van der Waals surface area contributed by atoms with E-state index in [9.17, 15) is 18.0 Å². The zero-order valence-electron chi connectivity index (χ0n) is 11.5. The van der Waals surface area contributed by atoms with Crippen LogP contribution in [0.1, 0.15) is 42.6 Å². The van der Waals surface area contributed by atoms with E-state index in [2.05, 4.69) is 0 Å². The quantitative estimate of drug-likeness (QED) is 0.661. The van der Waals surface area contributed by atoms with Crippen LogP contribution in [0.3, 0.4) is 0 Å². The summed E-state index contributed by atoms with van der Waals surface area (Å²) in [4.78, 5) is 11.8. The number of hydrogen-bond acceptors (Lipinski definition) is 3. The fourth-order valence-electron chi connectivity index (χ4n) is 1.80. The summed E-state index contributed by atoms with van der Waals surface area (Å²) in [6, 6.07) is 2.61. The van der Waals surface area contributed by atoms with Gasteiger partial charge in [-0.05, 0) is 30.5 Å². The van der Waals surface area contributed by atoms with Crippen molar-refractivity contribution in [1.82, 2.24) is 0 Å². The zero-order chi connectivity index (χ0) is 15.3. The summed E-state index contributed by atoms with van der Waals surface area (Å²) in [5.74, 6) is -0.487. The highest BCUT2D eigenvalue weighted by Crippen LogP contribution is 2.31. The smallest absolute Gasteiger partial charge is 0.416 e. The lowest BCUT2D eigenvalue weighted by molar-refractivity contribution is -0.137. The van der Waals surface area contributed by atoms with Gasteiger partial charge in [0.05, 0.1) is 17.7 Å². The number of hydrogen-bond donors (Lipinski definition) is 1. The van der Waals surface area contributed by atoms with E-state index < -0.39 is 17.7 Å². The fourth-order valence-corrected chi connectivity index (χ4v) is 1.80. The van der Waals surface area contributed by atoms with Crippen LogP contribution in [-0.4, -0.2) is 12.6 Å². The lowest BCUT2D eigenvalue weighted by atomic mass is 10.1. The molecule has 0 aliphatic heterocycles. The van der Waals surface area contributed by atoms with E-state index in [0.29, 0.717) is 0 Å². The topological polar surface area (TPSA) is 52.3 Å². The summed E-state index contributed by atoms with van der Waals surface area (Å²) < 4.78 is 42.5. The first kappa shape index (κ1) is 16.3. The molecule has 0 spiro atoms. The Hall–Kier alpha value is -1.72. The second kappa shape index (κ2) is 6.63. The Kier molecular flexibility index (Phi) is 5.42. The summed E-state index contributed by atoms with van der Waals surface area (Å²) >= 11 is 0. The van der Waals surface area contributed by atoms with Crippen molar-refractivity contribution >= 4 is 11.7 Å². The van der Waals surface area contributed by atoms with Crippen molar-refractivity contribution < 1.29 is 22.7 Å². The van der Waals surface area contributed by atoms with E-state index in [-0.39, 0.29) is 23.8 Å². The highest BCUT2D eigenvalue weighted by molar-refractivity contribution is 5.95. The molecule has 0 amide bonds. The van der Waals surface area contributed by atoms with E-state index >= 15 is 0 Å². The third-order valence-electron chi connectivity index (χ3n) is 2.88. The van der Waals surface area contributed by atoms with Gasteiger partial charge in [-0.15, -0.1) is 0 Å². The van der Waals surface area contributed by atoms with Crippen LogP contribution in [0.5, 0.6) is 0 Å². The Labute approximate surface area is 115 Å². The molecule has 0 fully saturated rings. The van der Waals surface area contributed by atoms with Gasteiger partial charge in [0.25, 0.3) is 0 Å². The summed E-state index contributed by atoms with van der Waals surface area (Å²) in [7, 11) is 0. The van der Waals surface area contributed by atoms with Crippen molar-refractivity contribution in [3.8, 4) is 0 Å². The van der Waals surface area contributed by atoms with Gasteiger partial charge < -0.3 is 10.5 Å². The minimum atomic E-state index is -4.48. The number of rotatable bonds is 5. The lowest BCUT2D eigenvalue weighted by Gasteiger charge is -2.13. The third kappa shape index (κ3) is 4.43. The van der Waals surface area contributed by atoms with Gasteiger partial charge in [0, 0.05) is 5.69 Å². The van der Waals surface area contributed by atoms with Crippen LogP contribution in [0.15, 0.2) is 18.2 Å². The van der Waals surface area contributed by atoms with E-state index in [4.69, 9.17) is 10.5 Å². The monoisotopic (exact) mass is 289 g/mol. The van der Waals surface area contributed by atoms with Crippen molar-refractivity contribution in [3.63, 3.8) is 0 Å². The van der Waals surface area contributed by atoms with Crippen LogP contribution in [0.4, 0.5) is 18.9 Å². The van der Waals surface area contributed by atoms with Gasteiger partial charge in [-0.2, -0.15) is 13.2 Å². The number of carbonyl (C=O) groups is 1. The molecule has 0 saturated carbocycles. The highest BCUT2D eigenvalue weighted by atomic mass is 19.4. The van der Waals surface area contributed by atoms with Crippen LogP contribution in [0, 0.1) is 5.92 Å². The van der Waals surface area contributed by atoms with Gasteiger partial charge in [-0.1, -0.05) is 20.3 Å². The van der Waals surface area contributed by atoms with Crippen molar-refractivity contribution in [1.29, 1.82) is 0 Å². The lowest BCUT2D eigenvalue weighted by Crippen LogP contribution is -2.14. The van der Waals surface area contributed by atoms with Gasteiger partial charge in [0.2, 0.25) is 0 Å². The number of halogens is 3. The second-order valence-corrected chi connectivity index (χ2v) is 4.79. The van der Waals surface area contributed by atoms with E-state index in [1.54, 1.807) is 0 Å². The molecule has 1 unspecified atom stereocenters. The number of nitrogen functional groups attached to an aromatic ring is 1. The van der Waals surface area contributed by atoms with Crippen LogP contribution in [-0.2, 0) is 10.9 Å². The highest BCUT2D eigenvalue weighted by Gasteiger charge is 2.31. The third-order valence-corrected chi connectivity index (χ3v) is 2.88. The molecule has 112 valence electrons. The molecule has 0 heterocycles. The van der Waals surface area contributed by atoms with Crippen molar-refractivity contribution in [2.45, 2.75) is 32.9 Å². The van der Waals surface area contributed by atoms with Crippen molar-refractivity contribution in [2.24, 2.45) is 5.92 Å². The molecular formula is C14H18F3NO2. The molecule has 0 aromatic heterocycles. The summed E-state index contributed by atoms with van der Waals surface area (Å²) in [6.45, 7) is 4.19. The first-order valence-electron chi connectivity index (χ1n) is 6.39. The first-order chi connectivity index (χ1) is 9.25. The van der Waals surface area contributed by atoms with E-state index in [1.807, 2.05) is 13.8 Å². The molecule has 0 radical (unpaired) electrons. The number of anilines is 1. The number of benzene rings is 1. The largest absolute Gasteiger partial charge is 0.462 e. The van der Waals surface area contributed by atoms with Crippen LogP contribution >= 0.6 is 0 Å². The molecule has 1 aromatic carbocycles. The molecule has 0 aliphatic carbocycles. The average Bonchev–Trinajstić information content (AvgIpc) is 2.35.